The van der Waals surface area contributed by atoms with Crippen molar-refractivity contribution in [1.29, 1.82) is 0 Å². The second kappa shape index (κ2) is 5.28. The summed E-state index contributed by atoms with van der Waals surface area (Å²) in [6, 6.07) is 4.38. The molecule has 0 aromatic heterocycles. The molecular formula is C14H20ClNO. The minimum absolute atomic E-state index is 0.373. The molecule has 0 unspecified atom stereocenters. The van der Waals surface area contributed by atoms with E-state index in [2.05, 4.69) is 6.07 Å². The number of hydrogen-bond acceptors (Lipinski definition) is 2. The van der Waals surface area contributed by atoms with Crippen LogP contribution in [0.15, 0.2) is 12.1 Å². The van der Waals surface area contributed by atoms with Gasteiger partial charge in [0.2, 0.25) is 0 Å². The highest BCUT2D eigenvalue weighted by Crippen LogP contribution is 2.40. The van der Waals surface area contributed by atoms with Crippen LogP contribution in [-0.2, 0) is 0 Å². The van der Waals surface area contributed by atoms with Crippen molar-refractivity contribution in [2.45, 2.75) is 44.6 Å². The molecule has 2 N–H and O–H groups in total. The summed E-state index contributed by atoms with van der Waals surface area (Å²) in [6.45, 7) is 2.04. The highest BCUT2D eigenvalue weighted by Gasteiger charge is 2.23. The quantitative estimate of drug-likeness (QED) is 0.873. The van der Waals surface area contributed by atoms with Crippen LogP contribution in [0, 0.1) is 6.92 Å². The zero-order valence-corrected chi connectivity index (χ0v) is 11.3. The molecule has 0 bridgehead atoms. The van der Waals surface area contributed by atoms with Gasteiger partial charge in [-0.1, -0.05) is 11.6 Å². The maximum absolute atomic E-state index is 6.15. The number of methoxy groups -OCH3 is 1. The number of halogens is 1. The summed E-state index contributed by atoms with van der Waals surface area (Å²) >= 11 is 6.15. The van der Waals surface area contributed by atoms with Gasteiger partial charge in [0.25, 0.3) is 0 Å². The summed E-state index contributed by atoms with van der Waals surface area (Å²) in [5.74, 6) is 1.54. The lowest BCUT2D eigenvalue weighted by molar-refractivity contribution is 0.368. The van der Waals surface area contributed by atoms with Crippen LogP contribution in [-0.4, -0.2) is 13.2 Å². The minimum Gasteiger partial charge on any atom is -0.496 e. The van der Waals surface area contributed by atoms with Crippen molar-refractivity contribution in [3.63, 3.8) is 0 Å². The summed E-state index contributed by atoms with van der Waals surface area (Å²) in [6.07, 6.45) is 4.47. The Balaban J connectivity index is 2.30. The van der Waals surface area contributed by atoms with Crippen molar-refractivity contribution < 1.29 is 4.74 Å². The van der Waals surface area contributed by atoms with E-state index < -0.39 is 0 Å². The van der Waals surface area contributed by atoms with Gasteiger partial charge in [0.15, 0.2) is 0 Å². The second-order valence-corrected chi connectivity index (χ2v) is 5.39. The van der Waals surface area contributed by atoms with Crippen LogP contribution in [0.2, 0.25) is 5.02 Å². The van der Waals surface area contributed by atoms with E-state index in [-0.39, 0.29) is 0 Å². The summed E-state index contributed by atoms with van der Waals surface area (Å²) in [7, 11) is 1.73. The number of rotatable bonds is 2. The highest BCUT2D eigenvalue weighted by atomic mass is 35.5. The molecule has 0 aliphatic heterocycles. The molecule has 0 atom stereocenters. The molecule has 1 aliphatic rings. The van der Waals surface area contributed by atoms with Crippen LogP contribution in [0.3, 0.4) is 0 Å². The molecule has 1 fully saturated rings. The molecule has 17 heavy (non-hydrogen) atoms. The molecule has 0 saturated heterocycles. The molecule has 1 aromatic carbocycles. The van der Waals surface area contributed by atoms with Crippen LogP contribution < -0.4 is 10.5 Å². The van der Waals surface area contributed by atoms with Gasteiger partial charge in [-0.05, 0) is 61.8 Å². The van der Waals surface area contributed by atoms with Crippen molar-refractivity contribution in [2.24, 2.45) is 5.73 Å². The first-order valence-corrected chi connectivity index (χ1v) is 6.59. The summed E-state index contributed by atoms with van der Waals surface area (Å²) < 4.78 is 5.52. The van der Waals surface area contributed by atoms with Crippen molar-refractivity contribution >= 4 is 11.6 Å². The smallest absolute Gasteiger partial charge is 0.125 e. The van der Waals surface area contributed by atoms with E-state index in [1.165, 1.54) is 5.56 Å². The van der Waals surface area contributed by atoms with E-state index >= 15 is 0 Å². The first kappa shape index (κ1) is 12.7. The molecule has 0 radical (unpaired) electrons. The van der Waals surface area contributed by atoms with E-state index in [4.69, 9.17) is 22.1 Å². The van der Waals surface area contributed by atoms with Gasteiger partial charge >= 0.3 is 0 Å². The van der Waals surface area contributed by atoms with Crippen molar-refractivity contribution in [1.82, 2.24) is 0 Å². The van der Waals surface area contributed by atoms with Gasteiger partial charge in [0.05, 0.1) is 7.11 Å². The highest BCUT2D eigenvalue weighted by molar-refractivity contribution is 6.30. The molecule has 2 rings (SSSR count). The summed E-state index contributed by atoms with van der Waals surface area (Å²) in [5, 5.41) is 0.799. The van der Waals surface area contributed by atoms with E-state index in [1.54, 1.807) is 7.11 Å². The molecule has 1 saturated carbocycles. The van der Waals surface area contributed by atoms with E-state index in [1.807, 2.05) is 13.0 Å². The maximum atomic E-state index is 6.15. The number of benzene rings is 1. The largest absolute Gasteiger partial charge is 0.496 e. The van der Waals surface area contributed by atoms with Crippen LogP contribution in [0.4, 0.5) is 0 Å². The number of hydrogen-bond donors (Lipinski definition) is 1. The van der Waals surface area contributed by atoms with Gasteiger partial charge in [-0.3, -0.25) is 0 Å². The zero-order chi connectivity index (χ0) is 12.4. The van der Waals surface area contributed by atoms with Gasteiger partial charge in [0, 0.05) is 11.1 Å². The third kappa shape index (κ3) is 2.75. The van der Waals surface area contributed by atoms with Gasteiger partial charge in [-0.2, -0.15) is 0 Å². The lowest BCUT2D eigenvalue weighted by atomic mass is 9.81. The molecule has 0 spiro atoms. The predicted octanol–water partition coefficient (Wildman–Crippen LogP) is 3.64. The molecule has 0 amide bonds. The Morgan fingerprint density at radius 3 is 2.47 bits per heavy atom. The SMILES string of the molecule is COc1c(C)cc(Cl)cc1C1CCC(N)CC1. The van der Waals surface area contributed by atoms with Crippen molar-refractivity contribution in [3.8, 4) is 5.75 Å². The van der Waals surface area contributed by atoms with Gasteiger partial charge in [-0.25, -0.2) is 0 Å². The molecular weight excluding hydrogens is 234 g/mol. The Kier molecular flexibility index (Phi) is 3.95. The molecule has 2 nitrogen and oxygen atoms in total. The fraction of sp³-hybridized carbons (Fsp3) is 0.571. The van der Waals surface area contributed by atoms with Crippen molar-refractivity contribution in [2.75, 3.05) is 7.11 Å². The second-order valence-electron chi connectivity index (χ2n) is 4.96. The van der Waals surface area contributed by atoms with E-state index in [0.717, 1.165) is 42.0 Å². The Morgan fingerprint density at radius 2 is 1.88 bits per heavy atom. The summed E-state index contributed by atoms with van der Waals surface area (Å²) in [5.41, 5.74) is 8.32. The molecule has 1 aliphatic carbocycles. The molecule has 1 aromatic rings. The Hall–Kier alpha value is -0.730. The lowest BCUT2D eigenvalue weighted by Gasteiger charge is -2.28. The first-order chi connectivity index (χ1) is 8.11. The Labute approximate surface area is 108 Å². The third-order valence-corrected chi connectivity index (χ3v) is 3.90. The first-order valence-electron chi connectivity index (χ1n) is 6.21. The molecule has 94 valence electrons. The molecule has 0 heterocycles. The van der Waals surface area contributed by atoms with E-state index in [9.17, 15) is 0 Å². The fourth-order valence-electron chi connectivity index (χ4n) is 2.77. The third-order valence-electron chi connectivity index (χ3n) is 3.68. The Bertz CT molecular complexity index is 397. The predicted molar refractivity (Wildman–Crippen MR) is 71.9 cm³/mol. The Morgan fingerprint density at radius 1 is 1.24 bits per heavy atom. The van der Waals surface area contributed by atoms with Crippen LogP contribution >= 0.6 is 11.6 Å². The van der Waals surface area contributed by atoms with Gasteiger partial charge in [0.1, 0.15) is 5.75 Å². The van der Waals surface area contributed by atoms with Gasteiger partial charge in [-0.15, -0.1) is 0 Å². The fourth-order valence-corrected chi connectivity index (χ4v) is 3.05. The van der Waals surface area contributed by atoms with Crippen LogP contribution in [0.5, 0.6) is 5.75 Å². The van der Waals surface area contributed by atoms with Gasteiger partial charge < -0.3 is 10.5 Å². The van der Waals surface area contributed by atoms with Crippen LogP contribution in [0.25, 0.3) is 0 Å². The monoisotopic (exact) mass is 253 g/mol. The zero-order valence-electron chi connectivity index (χ0n) is 10.5. The average Bonchev–Trinajstić information content (AvgIpc) is 2.29. The number of nitrogens with two attached hydrogens (primary N) is 1. The topological polar surface area (TPSA) is 35.2 Å². The van der Waals surface area contributed by atoms with Crippen molar-refractivity contribution in [3.05, 3.63) is 28.3 Å². The van der Waals surface area contributed by atoms with E-state index in [0.29, 0.717) is 12.0 Å². The lowest BCUT2D eigenvalue weighted by Crippen LogP contribution is -2.25. The number of ether oxygens (including phenoxy) is 1. The standard InChI is InChI=1S/C14H20ClNO/c1-9-7-11(15)8-13(14(9)17-2)10-3-5-12(16)6-4-10/h7-8,10,12H,3-6,16H2,1-2H3. The normalized spacial score (nSPS) is 24.7. The van der Waals surface area contributed by atoms with Crippen LogP contribution in [0.1, 0.15) is 42.7 Å². The maximum Gasteiger partial charge on any atom is 0.125 e. The average molecular weight is 254 g/mol. The molecule has 3 heteroatoms. The number of aryl methyl sites for hydroxylation is 1. The summed E-state index contributed by atoms with van der Waals surface area (Å²) in [4.78, 5) is 0. The minimum atomic E-state index is 0.373.